The predicted octanol–water partition coefficient (Wildman–Crippen LogP) is 0.351. The quantitative estimate of drug-likeness (QED) is 0.151. The van der Waals surface area contributed by atoms with Crippen LogP contribution in [0.15, 0.2) is 48.5 Å². The highest BCUT2D eigenvalue weighted by molar-refractivity contribution is 5.97. The highest BCUT2D eigenvalue weighted by Crippen LogP contribution is 2.10. The molecule has 0 aromatic heterocycles. The van der Waals surface area contributed by atoms with Crippen molar-refractivity contribution in [3.63, 3.8) is 0 Å². The molecule has 190 valence electrons. The third-order valence-electron chi connectivity index (χ3n) is 5.67. The number of amides is 3. The number of hydroxylamine groups is 1. The molecule has 2 aromatic carbocycles. The van der Waals surface area contributed by atoms with Crippen molar-refractivity contribution in [1.82, 2.24) is 21.4 Å². The molecule has 10 nitrogen and oxygen atoms in total. The van der Waals surface area contributed by atoms with Crippen molar-refractivity contribution in [2.75, 3.05) is 25.0 Å². The summed E-state index contributed by atoms with van der Waals surface area (Å²) < 4.78 is 0. The van der Waals surface area contributed by atoms with Crippen LogP contribution in [0.25, 0.3) is 0 Å². The monoisotopic (exact) mass is 493 g/mol. The number of aliphatic hydroxyl groups is 1. The molecule has 0 radical (unpaired) electrons. The Morgan fingerprint density at radius 1 is 1.06 bits per heavy atom. The fraction of sp³-hybridized carbons (Fsp3) is 0.346. The van der Waals surface area contributed by atoms with Gasteiger partial charge in [0.2, 0.25) is 5.91 Å². The lowest BCUT2D eigenvalue weighted by molar-refractivity contribution is -0.133. The Morgan fingerprint density at radius 2 is 1.69 bits per heavy atom. The highest BCUT2D eigenvalue weighted by atomic mass is 16.5. The van der Waals surface area contributed by atoms with Gasteiger partial charge in [0.15, 0.2) is 0 Å². The molecule has 1 heterocycles. The fourth-order valence-corrected chi connectivity index (χ4v) is 3.68. The zero-order chi connectivity index (χ0) is 25.9. The van der Waals surface area contributed by atoms with Crippen molar-refractivity contribution in [3.05, 3.63) is 65.2 Å². The molecule has 36 heavy (non-hydrogen) atoms. The summed E-state index contributed by atoms with van der Waals surface area (Å²) in [6.07, 6.45) is 1.11. The number of carbonyl (C=O) groups is 3. The van der Waals surface area contributed by atoms with Gasteiger partial charge in [-0.2, -0.15) is 0 Å². The standard InChI is InChI=1S/C26H31N5O5/c1-17(32)24(26(35)31-36)30-25(34)20-10-6-18(7-11-20)4-5-19-8-12-21(13-9-19)29-23(33)16-27-15-22-3-2-14-28-22/h6-13,17,22,24,27-28,32,36H,2-3,14-16H2,1H3,(H,29,33)(H,30,34)(H,31,35)/t17-,22+,24+/m1/s1. The minimum Gasteiger partial charge on any atom is -0.391 e. The molecule has 10 heteroatoms. The Kier molecular flexibility index (Phi) is 9.97. The molecule has 1 fully saturated rings. The van der Waals surface area contributed by atoms with Crippen LogP contribution >= 0.6 is 0 Å². The van der Waals surface area contributed by atoms with Gasteiger partial charge >= 0.3 is 0 Å². The van der Waals surface area contributed by atoms with Crippen molar-refractivity contribution in [3.8, 4) is 11.8 Å². The summed E-state index contributed by atoms with van der Waals surface area (Å²) >= 11 is 0. The van der Waals surface area contributed by atoms with Gasteiger partial charge in [0.05, 0.1) is 12.6 Å². The Hall–Kier alpha value is -3.75. The van der Waals surface area contributed by atoms with Crippen LogP contribution in [0.3, 0.4) is 0 Å². The van der Waals surface area contributed by atoms with Gasteiger partial charge in [-0.15, -0.1) is 0 Å². The topological polar surface area (TPSA) is 152 Å². The SMILES string of the molecule is C[C@@H](O)[C@H](NC(=O)c1ccc(C#Cc2ccc(NC(=O)CNC[C@@H]3CCCN3)cc2)cc1)C(=O)NO. The number of anilines is 1. The van der Waals surface area contributed by atoms with Crippen molar-refractivity contribution in [2.45, 2.75) is 38.0 Å². The van der Waals surface area contributed by atoms with Gasteiger partial charge in [-0.05, 0) is 74.8 Å². The Bertz CT molecular complexity index is 1100. The molecule has 3 atom stereocenters. The van der Waals surface area contributed by atoms with Gasteiger partial charge < -0.3 is 26.4 Å². The summed E-state index contributed by atoms with van der Waals surface area (Å²) in [6, 6.07) is 12.7. The molecular weight excluding hydrogens is 462 g/mol. The van der Waals surface area contributed by atoms with Crippen LogP contribution in [0.2, 0.25) is 0 Å². The second-order valence-electron chi connectivity index (χ2n) is 8.54. The molecule has 0 saturated carbocycles. The molecular formula is C26H31N5O5. The maximum atomic E-state index is 12.3. The molecule has 3 amide bonds. The lowest BCUT2D eigenvalue weighted by Gasteiger charge is -2.19. The number of hydrogen-bond donors (Lipinski definition) is 7. The number of rotatable bonds is 9. The third kappa shape index (κ3) is 8.18. The molecule has 0 unspecified atom stereocenters. The minimum absolute atomic E-state index is 0.104. The van der Waals surface area contributed by atoms with Crippen molar-refractivity contribution in [2.24, 2.45) is 0 Å². The lowest BCUT2D eigenvalue weighted by atomic mass is 10.1. The van der Waals surface area contributed by atoms with E-state index in [9.17, 15) is 19.5 Å². The third-order valence-corrected chi connectivity index (χ3v) is 5.67. The normalized spacial score (nSPS) is 16.2. The number of hydrogen-bond acceptors (Lipinski definition) is 7. The minimum atomic E-state index is -1.29. The number of benzene rings is 2. The van der Waals surface area contributed by atoms with E-state index < -0.39 is 24.0 Å². The van der Waals surface area contributed by atoms with Gasteiger partial charge in [0.25, 0.3) is 11.8 Å². The first-order valence-electron chi connectivity index (χ1n) is 11.7. The first-order valence-corrected chi connectivity index (χ1v) is 11.7. The average molecular weight is 494 g/mol. The van der Waals surface area contributed by atoms with E-state index in [1.54, 1.807) is 36.4 Å². The first-order chi connectivity index (χ1) is 17.4. The average Bonchev–Trinajstić information content (AvgIpc) is 3.40. The first kappa shape index (κ1) is 26.8. The van der Waals surface area contributed by atoms with Gasteiger partial charge in [-0.1, -0.05) is 11.8 Å². The molecule has 1 saturated heterocycles. The Balaban J connectivity index is 1.49. The molecule has 1 aliphatic heterocycles. The van der Waals surface area contributed by atoms with E-state index in [4.69, 9.17) is 5.21 Å². The van der Waals surface area contributed by atoms with E-state index in [1.165, 1.54) is 18.8 Å². The second-order valence-corrected chi connectivity index (χ2v) is 8.54. The maximum Gasteiger partial charge on any atom is 0.268 e. The van der Waals surface area contributed by atoms with E-state index in [0.29, 0.717) is 17.3 Å². The van der Waals surface area contributed by atoms with Crippen molar-refractivity contribution >= 4 is 23.4 Å². The van der Waals surface area contributed by atoms with Gasteiger partial charge in [-0.25, -0.2) is 5.48 Å². The summed E-state index contributed by atoms with van der Waals surface area (Å²) in [6.45, 7) is 3.39. The highest BCUT2D eigenvalue weighted by Gasteiger charge is 2.25. The van der Waals surface area contributed by atoms with Crippen LogP contribution in [0.1, 0.15) is 41.3 Å². The molecule has 1 aliphatic rings. The Morgan fingerprint density at radius 3 is 2.25 bits per heavy atom. The second kappa shape index (κ2) is 13.4. The molecule has 0 spiro atoms. The number of carbonyl (C=O) groups excluding carboxylic acids is 3. The van der Waals surface area contributed by atoms with Gasteiger partial charge in [-0.3, -0.25) is 19.6 Å². The smallest absolute Gasteiger partial charge is 0.268 e. The molecule has 0 aliphatic carbocycles. The predicted molar refractivity (Wildman–Crippen MR) is 134 cm³/mol. The lowest BCUT2D eigenvalue weighted by Crippen LogP contribution is -2.51. The van der Waals surface area contributed by atoms with Crippen LogP contribution in [0, 0.1) is 11.8 Å². The number of nitrogens with one attached hydrogen (secondary N) is 5. The van der Waals surface area contributed by atoms with E-state index in [2.05, 4.69) is 33.1 Å². The summed E-state index contributed by atoms with van der Waals surface area (Å²) in [5.74, 6) is 4.44. The van der Waals surface area contributed by atoms with Gasteiger partial charge in [0, 0.05) is 35.0 Å². The van der Waals surface area contributed by atoms with Gasteiger partial charge in [0.1, 0.15) is 6.04 Å². The fourth-order valence-electron chi connectivity index (χ4n) is 3.68. The van der Waals surface area contributed by atoms with Crippen LogP contribution in [0.4, 0.5) is 5.69 Å². The van der Waals surface area contributed by atoms with E-state index in [1.807, 2.05) is 12.1 Å². The van der Waals surface area contributed by atoms with Crippen LogP contribution in [-0.2, 0) is 9.59 Å². The summed E-state index contributed by atoms with van der Waals surface area (Å²) in [5.41, 5.74) is 3.81. The van der Waals surface area contributed by atoms with Crippen LogP contribution in [-0.4, -0.2) is 65.9 Å². The van der Waals surface area contributed by atoms with Crippen molar-refractivity contribution < 1.29 is 24.7 Å². The summed E-state index contributed by atoms with van der Waals surface area (Å²) in [4.78, 5) is 36.0. The van der Waals surface area contributed by atoms with E-state index >= 15 is 0 Å². The summed E-state index contributed by atoms with van der Waals surface area (Å²) in [5, 5.41) is 30.2. The number of aliphatic hydroxyl groups excluding tert-OH is 1. The molecule has 3 rings (SSSR count). The van der Waals surface area contributed by atoms with Crippen molar-refractivity contribution in [1.29, 1.82) is 0 Å². The zero-order valence-corrected chi connectivity index (χ0v) is 20.0. The molecule has 2 aromatic rings. The largest absolute Gasteiger partial charge is 0.391 e. The molecule has 7 N–H and O–H groups in total. The zero-order valence-electron chi connectivity index (χ0n) is 20.0. The summed E-state index contributed by atoms with van der Waals surface area (Å²) in [7, 11) is 0. The van der Waals surface area contributed by atoms with Crippen LogP contribution < -0.4 is 26.7 Å². The van der Waals surface area contributed by atoms with Crippen LogP contribution in [0.5, 0.6) is 0 Å². The maximum absolute atomic E-state index is 12.3. The Labute approximate surface area is 209 Å². The van der Waals surface area contributed by atoms with E-state index in [-0.39, 0.29) is 18.0 Å². The molecule has 0 bridgehead atoms. The van der Waals surface area contributed by atoms with E-state index in [0.717, 1.165) is 25.1 Å².